The van der Waals surface area contributed by atoms with Crippen molar-refractivity contribution in [2.24, 2.45) is 0 Å². The Labute approximate surface area is 828 Å². The van der Waals surface area contributed by atoms with Gasteiger partial charge in [-0.05, 0) is 124 Å². The lowest BCUT2D eigenvalue weighted by molar-refractivity contribution is -0.00723. The Kier molecular flexibility index (Phi) is 22.6. The van der Waals surface area contributed by atoms with E-state index in [2.05, 4.69) is 0 Å². The van der Waals surface area contributed by atoms with E-state index in [1.807, 2.05) is 170 Å². The third-order valence-corrected chi connectivity index (χ3v) is 82.4. The van der Waals surface area contributed by atoms with Crippen LogP contribution in [0.4, 0.5) is 0 Å². The number of para-hydroxylation sites is 7. The molecule has 716 valence electrons. The van der Waals surface area contributed by atoms with Gasteiger partial charge in [0.15, 0.2) is 0 Å². The molecule has 14 aromatic rings. The van der Waals surface area contributed by atoms with E-state index in [-0.39, 0.29) is 40.2 Å². The maximum atomic E-state index is 17.6. The van der Waals surface area contributed by atoms with Gasteiger partial charge in [-0.3, -0.25) is 32.0 Å². The van der Waals surface area contributed by atoms with Crippen molar-refractivity contribution in [3.63, 3.8) is 0 Å². The first-order valence-electron chi connectivity index (χ1n) is 46.6. The Hall–Kier alpha value is -9.32. The highest BCUT2D eigenvalue weighted by atomic mass is 31.2. The van der Waals surface area contributed by atoms with Crippen LogP contribution in [0.25, 0.3) is 77.9 Å². The summed E-state index contributed by atoms with van der Waals surface area (Å²) in [6.07, 6.45) is -3.83. The molecule has 0 aromatic heterocycles. The number of benzene rings is 14. The smallest absolute Gasteiger partial charge is 0.439 e. The first-order valence-corrected chi connectivity index (χ1v) is 75.3. The van der Waals surface area contributed by atoms with E-state index in [1.54, 1.807) is 170 Å². The molecule has 0 spiro atoms. The highest BCUT2D eigenvalue weighted by Gasteiger charge is 2.81. The minimum Gasteiger partial charge on any atom is -0.439 e. The average Bonchev–Trinajstić information content (AvgIpc) is 0.693. The predicted octanol–water partition coefficient (Wildman–Crippen LogP) is 20.4. The van der Waals surface area contributed by atoms with Crippen molar-refractivity contribution in [2.75, 3.05) is 43.1 Å². The number of fused-ring (bicyclic) bond motifs is 23. The van der Waals surface area contributed by atoms with E-state index < -0.39 is 218 Å². The number of hydrogen-bond donors (Lipinski definition) is 1. The average molecular weight is 2180 g/mol. The Morgan fingerprint density at radius 1 is 0.176 bits per heavy atom. The second-order valence-electron chi connectivity index (χ2n) is 36.4. The van der Waals surface area contributed by atoms with E-state index in [0.717, 1.165) is 0 Å². The molecule has 6 saturated heterocycles. The highest BCUT2D eigenvalue weighted by Crippen LogP contribution is 2.67. The summed E-state index contributed by atoms with van der Waals surface area (Å²) in [5, 5.41) is 2.08. The summed E-state index contributed by atoms with van der Waals surface area (Å²) in [5.41, 5.74) is 8.55. The lowest BCUT2D eigenvalue weighted by atomic mass is 10.0. The van der Waals surface area contributed by atoms with Crippen molar-refractivity contribution in [3.05, 3.63) is 340 Å². The molecule has 44 heteroatoms. The monoisotopic (exact) mass is 2180 g/mol. The lowest BCUT2D eigenvalue weighted by Crippen LogP contribution is -2.84. The molecule has 11 unspecified atom stereocenters. The third kappa shape index (κ3) is 16.0. The summed E-state index contributed by atoms with van der Waals surface area (Å²) >= 11 is 0. The first-order chi connectivity index (χ1) is 68.8. The van der Waals surface area contributed by atoms with Crippen LogP contribution in [0.5, 0.6) is 40.2 Å². The van der Waals surface area contributed by atoms with E-state index in [0.29, 0.717) is 115 Å². The molecule has 28 nitrogen and oxygen atoms in total. The first kappa shape index (κ1) is 92.5. The fraction of sp³-hybridized carbons (Fsp3) is 0.143. The van der Waals surface area contributed by atoms with E-state index in [4.69, 9.17) is 85.2 Å². The second kappa shape index (κ2) is 34.7. The Bertz CT molecular complexity index is 7320. The van der Waals surface area contributed by atoms with Gasteiger partial charge >= 0.3 is 80.7 Å². The van der Waals surface area contributed by atoms with E-state index in [9.17, 15) is 0 Å². The van der Waals surface area contributed by atoms with Gasteiger partial charge in [0.1, 0.15) is 40.2 Å². The molecule has 0 amide bonds. The summed E-state index contributed by atoms with van der Waals surface area (Å²) in [4.78, 5) is 15.1. The molecule has 142 heavy (non-hydrogen) atoms. The Morgan fingerprint density at radius 2 is 0.317 bits per heavy atom. The standard InChI is InChI=1S/C98H85O28P7Si9/c99-127(92-50-22-8-36-78(92)71-29-1-15-43-85(71)107-127)57-64-136(106)114-134-116-137(65-58-128(100)93-51-23-9-37-79(93)72-30-2-16-44-86(72)108-128)120-138(66-59-129(101)94-52-24-10-38-80(94)73-31-3-17-45-87(73)109-129)118-135(115-136)119-140(68-61-131(103)96-54-26-12-40-82(96)75-33-5-19-47-89(75)111-131)121-139(117-134,67-60-130(102)95-53-25-11-39-81(95)74-32-4-18-46-88(74)110-130)124-141(122-137,69-62-132(104)97-55-27-13-41-83(97)76-34-6-20-48-90(76)112-132)126-142(123-138,125-140)70-63-133(105)98-56-28-14-42-84(98)77-35-7-21-49-91(77)113-133/h1-56,106H,57-70H2. The molecule has 13 heterocycles. The molecule has 6 fully saturated rings. The van der Waals surface area contributed by atoms with Gasteiger partial charge in [0.25, 0.3) is 51.6 Å². The van der Waals surface area contributed by atoms with Crippen LogP contribution in [-0.2, 0) is 85.5 Å². The van der Waals surface area contributed by atoms with Gasteiger partial charge in [-0.1, -0.05) is 255 Å². The SMILES string of the molecule is O=P1(CC[Si]2(O)O[Si]3O[Si]4(CCP5(=O)Oc6ccccc6-c6ccccc65)O[Si]5(CCP6(=O)Oc7ccccc7-c7ccccc76)O[Si](O2)O[Si]2(CCP6(=O)Oc7ccccc7-c7ccccc76)O[Si](CCP6(=O)Oc7ccccc7-c7ccccc76)(O3)O[Si](CCP3(=O)Oc6ccccc6-c6ccccc63)(O4)O[Si](CCP3(=O)Oc4ccccc4-c4ccccc43)(O5)O2)Oc2ccccc2-c2ccccc21. The molecule has 13 aliphatic rings. The van der Waals surface area contributed by atoms with E-state index in [1.165, 1.54) is 0 Å². The van der Waals surface area contributed by atoms with Gasteiger partial charge < -0.3 is 90.0 Å². The van der Waals surface area contributed by atoms with Crippen LogP contribution < -0.4 is 68.8 Å². The molecule has 0 saturated carbocycles. The van der Waals surface area contributed by atoms with Crippen molar-refractivity contribution in [1.82, 2.24) is 0 Å². The van der Waals surface area contributed by atoms with Crippen LogP contribution in [0.15, 0.2) is 340 Å². The van der Waals surface area contributed by atoms with Gasteiger partial charge in [-0.2, -0.15) is 0 Å². The van der Waals surface area contributed by atoms with Crippen molar-refractivity contribution in [2.45, 2.75) is 42.3 Å². The summed E-state index contributed by atoms with van der Waals surface area (Å²) in [5.74, 6) is 1.91. The number of rotatable bonds is 21. The maximum Gasteiger partial charge on any atom is 0.553 e. The Morgan fingerprint density at radius 3 is 0.507 bits per heavy atom. The molecule has 2 radical (unpaired) electrons. The summed E-state index contributed by atoms with van der Waals surface area (Å²) in [6.45, 7) is 0. The zero-order valence-corrected chi connectivity index (χ0v) is 90.6. The van der Waals surface area contributed by atoms with Crippen LogP contribution in [0, 0.1) is 0 Å². The molecular formula is C98H85O28P7Si9. The highest BCUT2D eigenvalue weighted by molar-refractivity contribution is 7.70. The van der Waals surface area contributed by atoms with Crippen LogP contribution in [0.3, 0.4) is 0 Å². The Balaban J connectivity index is 0.737. The lowest BCUT2D eigenvalue weighted by Gasteiger charge is -2.59. The summed E-state index contributed by atoms with van der Waals surface area (Å²) < 4.78 is 278. The van der Waals surface area contributed by atoms with Crippen molar-refractivity contribution in [1.29, 1.82) is 0 Å². The summed E-state index contributed by atoms with van der Waals surface area (Å²) in [6, 6.07) is 95.8. The minimum absolute atomic E-state index is 0.270. The molecule has 0 aliphatic carbocycles. The molecule has 14 aromatic carbocycles. The predicted molar refractivity (Wildman–Crippen MR) is 554 cm³/mol. The second-order valence-corrected chi connectivity index (χ2v) is 78.3. The molecule has 11 atom stereocenters. The van der Waals surface area contributed by atoms with Crippen LogP contribution in [0.2, 0.25) is 42.3 Å². The van der Waals surface area contributed by atoms with Crippen molar-refractivity contribution < 1.29 is 122 Å². The van der Waals surface area contributed by atoms with Gasteiger partial charge in [0.05, 0.1) is 37.1 Å². The fourth-order valence-corrected chi connectivity index (χ4v) is 90.5. The van der Waals surface area contributed by atoms with Crippen LogP contribution in [-0.4, -0.2) is 129 Å². The molecular weight excluding hydrogens is 2090 g/mol. The molecule has 27 rings (SSSR count). The summed E-state index contributed by atoms with van der Waals surface area (Å²) in [7, 11) is -80.6. The van der Waals surface area contributed by atoms with Crippen LogP contribution >= 0.6 is 51.6 Å². The van der Waals surface area contributed by atoms with Gasteiger partial charge in [0, 0.05) is 124 Å². The van der Waals surface area contributed by atoms with Gasteiger partial charge in [-0.15, -0.1) is 0 Å². The fourth-order valence-electron chi connectivity index (χ4n) is 21.0. The minimum atomic E-state index is -5.89. The molecule has 13 aliphatic heterocycles. The quantitative estimate of drug-likeness (QED) is 0.0516. The topological polar surface area (TPSA) is 324 Å². The third-order valence-electron chi connectivity index (χ3n) is 27.5. The zero-order valence-electron chi connectivity index (χ0n) is 75.3. The van der Waals surface area contributed by atoms with Crippen molar-refractivity contribution in [3.8, 4) is 118 Å². The van der Waals surface area contributed by atoms with Crippen molar-refractivity contribution >= 4 is 169 Å². The zero-order chi connectivity index (χ0) is 96.0. The normalized spacial score (nSPS) is 30.7. The van der Waals surface area contributed by atoms with Gasteiger partial charge in [0.2, 0.25) is 0 Å². The number of hydrogen-bond acceptors (Lipinski definition) is 28. The van der Waals surface area contributed by atoms with E-state index >= 15 is 36.8 Å². The maximum absolute atomic E-state index is 17.6. The largest absolute Gasteiger partial charge is 0.553 e. The molecule has 1 N–H and O–H groups in total. The van der Waals surface area contributed by atoms with Crippen LogP contribution in [0.1, 0.15) is 0 Å². The molecule has 8 bridgehead atoms. The van der Waals surface area contributed by atoms with Gasteiger partial charge in [-0.25, -0.2) is 0 Å².